The molecule has 0 bridgehead atoms. The summed E-state index contributed by atoms with van der Waals surface area (Å²) >= 11 is 6.62. The lowest BCUT2D eigenvalue weighted by Gasteiger charge is -2.37. The molecule has 1 saturated carbocycles. The molecule has 0 radical (unpaired) electrons. The number of aryl methyl sites for hydroxylation is 1. The van der Waals surface area contributed by atoms with Gasteiger partial charge in [-0.25, -0.2) is 4.98 Å². The molecule has 1 aliphatic carbocycles. The Labute approximate surface area is 145 Å². The number of carbonyl (C=O) groups is 1. The molecule has 2 aromatic rings. The number of nitrogens with zero attached hydrogens (tertiary/aromatic N) is 1. The summed E-state index contributed by atoms with van der Waals surface area (Å²) in [5.41, 5.74) is -0.0858. The van der Waals surface area contributed by atoms with E-state index in [1.54, 1.807) is 12.1 Å². The molecule has 1 aromatic heterocycles. The Morgan fingerprint density at radius 1 is 1.29 bits per heavy atom. The fraction of sp³-hybridized carbons (Fsp3) is 0.375. The van der Waals surface area contributed by atoms with Gasteiger partial charge in [-0.3, -0.25) is 4.79 Å². The molecule has 3 rings (SSSR count). The maximum atomic E-state index is 13.0. The number of halogens is 4. The van der Waals surface area contributed by atoms with Crippen molar-refractivity contribution in [3.05, 3.63) is 50.4 Å². The quantitative estimate of drug-likeness (QED) is 0.838. The van der Waals surface area contributed by atoms with Crippen molar-refractivity contribution in [3.63, 3.8) is 0 Å². The molecule has 1 amide bonds. The second-order valence-electron chi connectivity index (χ2n) is 5.72. The third-order valence-corrected chi connectivity index (χ3v) is 5.32. The number of hydrogen-bond acceptors (Lipinski definition) is 3. The maximum Gasteiger partial charge on any atom is 0.435 e. The molecule has 1 N–H and O–H groups in total. The highest BCUT2D eigenvalue weighted by Crippen LogP contribution is 2.38. The van der Waals surface area contributed by atoms with Gasteiger partial charge in [0.25, 0.3) is 5.91 Å². The lowest BCUT2D eigenvalue weighted by atomic mass is 9.75. The van der Waals surface area contributed by atoms with Gasteiger partial charge in [0.15, 0.2) is 5.69 Å². The molecule has 0 unspecified atom stereocenters. The zero-order valence-electron chi connectivity index (χ0n) is 12.7. The average molecular weight is 375 g/mol. The van der Waals surface area contributed by atoms with Crippen LogP contribution in [-0.4, -0.2) is 16.9 Å². The van der Waals surface area contributed by atoms with Gasteiger partial charge in [0, 0.05) is 17.0 Å². The average Bonchev–Trinajstić information content (AvgIpc) is 2.88. The van der Waals surface area contributed by atoms with Crippen LogP contribution in [0.2, 0.25) is 5.02 Å². The molecule has 3 nitrogen and oxygen atoms in total. The van der Waals surface area contributed by atoms with Gasteiger partial charge in [0.05, 0.1) is 5.01 Å². The number of aromatic nitrogens is 1. The minimum absolute atomic E-state index is 0.0922. The zero-order chi connectivity index (χ0) is 17.5. The van der Waals surface area contributed by atoms with E-state index in [1.165, 1.54) is 6.92 Å². The second kappa shape index (κ2) is 6.37. The first-order chi connectivity index (χ1) is 11.3. The van der Waals surface area contributed by atoms with E-state index in [0.29, 0.717) is 5.02 Å². The smallest absolute Gasteiger partial charge is 0.348 e. The van der Waals surface area contributed by atoms with Crippen LogP contribution in [0.5, 0.6) is 0 Å². The third-order valence-electron chi connectivity index (χ3n) is 4.10. The van der Waals surface area contributed by atoms with E-state index in [1.807, 2.05) is 12.1 Å². The van der Waals surface area contributed by atoms with E-state index < -0.39 is 17.8 Å². The number of thiazole rings is 1. The molecule has 128 valence electrons. The van der Waals surface area contributed by atoms with Crippen LogP contribution >= 0.6 is 22.9 Å². The SMILES string of the molecule is Cc1nc(C(F)(F)F)c(C(=O)N[C@H]2CC[C@H]2c2ccc(Cl)cc2)s1. The van der Waals surface area contributed by atoms with Crippen LogP contribution in [0.15, 0.2) is 24.3 Å². The minimum atomic E-state index is -4.63. The molecular weight excluding hydrogens is 361 g/mol. The van der Waals surface area contributed by atoms with Crippen molar-refractivity contribution in [2.24, 2.45) is 0 Å². The van der Waals surface area contributed by atoms with Gasteiger partial charge < -0.3 is 5.32 Å². The Kier molecular flexibility index (Phi) is 4.57. The van der Waals surface area contributed by atoms with Gasteiger partial charge in [-0.1, -0.05) is 23.7 Å². The first kappa shape index (κ1) is 17.2. The summed E-state index contributed by atoms with van der Waals surface area (Å²) in [6.07, 6.45) is -3.02. The first-order valence-corrected chi connectivity index (χ1v) is 8.56. The van der Waals surface area contributed by atoms with Gasteiger partial charge in [0.1, 0.15) is 4.88 Å². The van der Waals surface area contributed by atoms with E-state index in [4.69, 9.17) is 11.6 Å². The van der Waals surface area contributed by atoms with Crippen molar-refractivity contribution in [2.45, 2.75) is 37.9 Å². The lowest BCUT2D eigenvalue weighted by Crippen LogP contribution is -2.45. The van der Waals surface area contributed by atoms with Gasteiger partial charge in [-0.05, 0) is 37.5 Å². The zero-order valence-corrected chi connectivity index (χ0v) is 14.2. The Bertz CT molecular complexity index is 758. The molecule has 1 aromatic carbocycles. The predicted molar refractivity (Wildman–Crippen MR) is 86.5 cm³/mol. The molecule has 8 heteroatoms. The number of hydrogen-bond donors (Lipinski definition) is 1. The van der Waals surface area contributed by atoms with Crippen molar-refractivity contribution >= 4 is 28.8 Å². The molecule has 24 heavy (non-hydrogen) atoms. The van der Waals surface area contributed by atoms with Crippen LogP contribution in [0.1, 0.15) is 44.7 Å². The van der Waals surface area contributed by atoms with E-state index in [-0.39, 0.29) is 21.8 Å². The summed E-state index contributed by atoms with van der Waals surface area (Å²) in [5.74, 6) is -0.619. The molecule has 0 aliphatic heterocycles. The van der Waals surface area contributed by atoms with Gasteiger partial charge in [0.2, 0.25) is 0 Å². The Morgan fingerprint density at radius 2 is 1.96 bits per heavy atom. The van der Waals surface area contributed by atoms with Gasteiger partial charge in [-0.15, -0.1) is 11.3 Å². The van der Waals surface area contributed by atoms with Crippen LogP contribution < -0.4 is 5.32 Å². The summed E-state index contributed by atoms with van der Waals surface area (Å²) in [7, 11) is 0. The van der Waals surface area contributed by atoms with E-state index >= 15 is 0 Å². The van der Waals surface area contributed by atoms with Gasteiger partial charge >= 0.3 is 6.18 Å². The fourth-order valence-electron chi connectivity index (χ4n) is 2.79. The summed E-state index contributed by atoms with van der Waals surface area (Å²) < 4.78 is 39.0. The topological polar surface area (TPSA) is 42.0 Å². The van der Waals surface area contributed by atoms with Crippen LogP contribution in [0, 0.1) is 6.92 Å². The van der Waals surface area contributed by atoms with Crippen LogP contribution in [0.25, 0.3) is 0 Å². The highest BCUT2D eigenvalue weighted by molar-refractivity contribution is 7.13. The summed E-state index contributed by atoms with van der Waals surface area (Å²) in [6, 6.07) is 7.11. The lowest BCUT2D eigenvalue weighted by molar-refractivity contribution is -0.141. The number of rotatable bonds is 3. The summed E-state index contributed by atoms with van der Waals surface area (Å²) in [5, 5.41) is 3.56. The molecule has 1 aliphatic rings. The largest absolute Gasteiger partial charge is 0.435 e. The molecular formula is C16H14ClF3N2OS. The van der Waals surface area contributed by atoms with Crippen LogP contribution in [0.3, 0.4) is 0 Å². The molecule has 0 saturated heterocycles. The van der Waals surface area contributed by atoms with E-state index in [2.05, 4.69) is 10.3 Å². The standard InChI is InChI=1S/C16H14ClF3N2OS/c1-8-21-14(16(18,19)20)13(24-8)15(23)22-12-7-6-11(12)9-2-4-10(17)5-3-9/h2-5,11-12H,6-7H2,1H3,(H,22,23)/t11-,12-/m0/s1. The summed E-state index contributed by atoms with van der Waals surface area (Å²) in [4.78, 5) is 15.4. The van der Waals surface area contributed by atoms with Crippen LogP contribution in [0.4, 0.5) is 13.2 Å². The second-order valence-corrected chi connectivity index (χ2v) is 7.36. The predicted octanol–water partition coefficient (Wildman–Crippen LogP) is 4.80. The number of carbonyl (C=O) groups excluding carboxylic acids is 1. The molecule has 1 fully saturated rings. The van der Waals surface area contributed by atoms with Crippen molar-refractivity contribution in [2.75, 3.05) is 0 Å². The van der Waals surface area contributed by atoms with Crippen molar-refractivity contribution in [1.82, 2.24) is 10.3 Å². The Hall–Kier alpha value is -1.60. The fourth-order valence-corrected chi connectivity index (χ4v) is 3.76. The van der Waals surface area contributed by atoms with Gasteiger partial charge in [-0.2, -0.15) is 13.2 Å². The van der Waals surface area contributed by atoms with Crippen molar-refractivity contribution in [3.8, 4) is 0 Å². The highest BCUT2D eigenvalue weighted by atomic mass is 35.5. The summed E-state index contributed by atoms with van der Waals surface area (Å²) in [6.45, 7) is 1.45. The Balaban J connectivity index is 1.75. The van der Waals surface area contributed by atoms with Crippen molar-refractivity contribution in [1.29, 1.82) is 0 Å². The third kappa shape index (κ3) is 3.42. The van der Waals surface area contributed by atoms with E-state index in [0.717, 1.165) is 29.7 Å². The normalized spacial score (nSPS) is 20.5. The Morgan fingerprint density at radius 3 is 2.50 bits per heavy atom. The number of amides is 1. The molecule has 2 atom stereocenters. The highest BCUT2D eigenvalue weighted by Gasteiger charge is 2.40. The van der Waals surface area contributed by atoms with Crippen LogP contribution in [-0.2, 0) is 6.18 Å². The minimum Gasteiger partial charge on any atom is -0.348 e. The number of alkyl halides is 3. The molecule has 1 heterocycles. The van der Waals surface area contributed by atoms with Crippen molar-refractivity contribution < 1.29 is 18.0 Å². The number of nitrogens with one attached hydrogen (secondary N) is 1. The molecule has 0 spiro atoms. The van der Waals surface area contributed by atoms with E-state index in [9.17, 15) is 18.0 Å². The maximum absolute atomic E-state index is 13.0. The first-order valence-electron chi connectivity index (χ1n) is 7.36. The number of benzene rings is 1. The monoisotopic (exact) mass is 374 g/mol.